The highest BCUT2D eigenvalue weighted by Crippen LogP contribution is 2.30. The van der Waals surface area contributed by atoms with Crippen LogP contribution in [-0.4, -0.2) is 57.7 Å². The number of fused-ring (bicyclic) bond motifs is 3. The summed E-state index contributed by atoms with van der Waals surface area (Å²) >= 11 is 1.35. The maximum Gasteiger partial charge on any atom is 0.233 e. The van der Waals surface area contributed by atoms with Crippen LogP contribution < -0.4 is 4.90 Å². The molecule has 1 aliphatic heterocycles. The van der Waals surface area contributed by atoms with Crippen LogP contribution in [0.4, 0.5) is 14.5 Å². The molecule has 0 atom stereocenters. The van der Waals surface area contributed by atoms with E-state index in [1.54, 1.807) is 18.2 Å². The molecule has 158 valence electrons. The normalized spacial score (nSPS) is 14.5. The Balaban J connectivity index is 1.24. The van der Waals surface area contributed by atoms with Crippen molar-refractivity contribution in [3.8, 4) is 0 Å². The van der Waals surface area contributed by atoms with Gasteiger partial charge in [0.2, 0.25) is 5.91 Å². The van der Waals surface area contributed by atoms with Gasteiger partial charge < -0.3 is 14.8 Å². The summed E-state index contributed by atoms with van der Waals surface area (Å²) in [4.78, 5) is 28.6. The lowest BCUT2D eigenvalue weighted by Gasteiger charge is -2.36. The number of halogens is 2. The van der Waals surface area contributed by atoms with Gasteiger partial charge in [-0.05, 0) is 42.5 Å². The van der Waals surface area contributed by atoms with Gasteiger partial charge in [-0.3, -0.25) is 4.79 Å². The standard InChI is InChI=1S/C22H19F2N5OS/c23-14-1-4-16(5-2-14)28-7-9-29(10-8-28)19(30)12-31-22-21-20(25-13-26-22)17-11-15(24)3-6-18(17)27-21/h1-6,11,13,27H,7-10,12H2. The van der Waals surface area contributed by atoms with Crippen LogP contribution in [0.3, 0.4) is 0 Å². The number of thioether (sulfide) groups is 1. The van der Waals surface area contributed by atoms with Crippen LogP contribution in [0.15, 0.2) is 53.8 Å². The highest BCUT2D eigenvalue weighted by atomic mass is 32.2. The summed E-state index contributed by atoms with van der Waals surface area (Å²) < 4.78 is 26.7. The zero-order valence-corrected chi connectivity index (χ0v) is 17.3. The number of amides is 1. The second-order valence-corrected chi connectivity index (χ2v) is 8.31. The number of anilines is 1. The van der Waals surface area contributed by atoms with Crippen LogP contribution in [0.2, 0.25) is 0 Å². The molecule has 6 nitrogen and oxygen atoms in total. The maximum atomic E-state index is 13.6. The Morgan fingerprint density at radius 3 is 2.52 bits per heavy atom. The molecule has 0 unspecified atom stereocenters. The Morgan fingerprint density at radius 1 is 1.00 bits per heavy atom. The topological polar surface area (TPSA) is 65.1 Å². The van der Waals surface area contributed by atoms with Gasteiger partial charge in [-0.25, -0.2) is 18.7 Å². The number of nitrogens with zero attached hydrogens (tertiary/aromatic N) is 4. The quantitative estimate of drug-likeness (QED) is 0.387. The lowest BCUT2D eigenvalue weighted by molar-refractivity contribution is -0.128. The number of piperazine rings is 1. The number of hydrogen-bond acceptors (Lipinski definition) is 5. The SMILES string of the molecule is O=C(CSc1ncnc2c1[nH]c1ccc(F)cc12)N1CCN(c2ccc(F)cc2)CC1. The number of nitrogens with one attached hydrogen (secondary N) is 1. The third kappa shape index (κ3) is 3.93. The smallest absolute Gasteiger partial charge is 0.233 e. The van der Waals surface area contributed by atoms with E-state index in [1.807, 2.05) is 4.90 Å². The van der Waals surface area contributed by atoms with Crippen LogP contribution in [0.5, 0.6) is 0 Å². The molecule has 0 spiro atoms. The molecule has 4 aromatic rings. The third-order valence-electron chi connectivity index (χ3n) is 5.47. The fourth-order valence-corrected chi connectivity index (χ4v) is 4.70. The van der Waals surface area contributed by atoms with Crippen molar-refractivity contribution in [2.75, 3.05) is 36.8 Å². The van der Waals surface area contributed by atoms with E-state index in [4.69, 9.17) is 0 Å². The van der Waals surface area contributed by atoms with Gasteiger partial charge in [-0.2, -0.15) is 0 Å². The highest BCUT2D eigenvalue weighted by molar-refractivity contribution is 8.00. The fraction of sp³-hybridized carbons (Fsp3) is 0.227. The van der Waals surface area contributed by atoms with Gasteiger partial charge in [0.1, 0.15) is 28.5 Å². The van der Waals surface area contributed by atoms with E-state index < -0.39 is 0 Å². The summed E-state index contributed by atoms with van der Waals surface area (Å²) in [6.45, 7) is 2.63. The molecule has 2 aromatic heterocycles. The van der Waals surface area contributed by atoms with Gasteiger partial charge in [-0.15, -0.1) is 0 Å². The lowest BCUT2D eigenvalue weighted by Crippen LogP contribution is -2.49. The Morgan fingerprint density at radius 2 is 1.74 bits per heavy atom. The van der Waals surface area contributed by atoms with Crippen molar-refractivity contribution in [2.24, 2.45) is 0 Å². The van der Waals surface area contributed by atoms with Gasteiger partial charge in [0.15, 0.2) is 0 Å². The molecule has 0 aliphatic carbocycles. The Hall–Kier alpha value is -3.20. The molecule has 5 rings (SSSR count). The van der Waals surface area contributed by atoms with Gasteiger partial charge >= 0.3 is 0 Å². The highest BCUT2D eigenvalue weighted by Gasteiger charge is 2.22. The minimum Gasteiger partial charge on any atom is -0.368 e. The summed E-state index contributed by atoms with van der Waals surface area (Å²) in [6, 6.07) is 10.9. The molecule has 0 bridgehead atoms. The molecule has 3 heterocycles. The number of aromatic nitrogens is 3. The summed E-state index contributed by atoms with van der Waals surface area (Å²) in [5.41, 5.74) is 3.10. The summed E-state index contributed by atoms with van der Waals surface area (Å²) in [5.74, 6) is -0.283. The molecule has 9 heteroatoms. The number of benzene rings is 2. The van der Waals surface area contributed by atoms with Crippen molar-refractivity contribution in [1.82, 2.24) is 19.9 Å². The second kappa shape index (κ2) is 8.14. The predicted molar refractivity (Wildman–Crippen MR) is 117 cm³/mol. The minimum absolute atomic E-state index is 0.0395. The number of H-pyrrole nitrogens is 1. The van der Waals surface area contributed by atoms with Gasteiger partial charge in [0.05, 0.1) is 11.3 Å². The maximum absolute atomic E-state index is 13.6. The van der Waals surface area contributed by atoms with E-state index in [1.165, 1.54) is 42.4 Å². The molecule has 1 saturated heterocycles. The Bertz CT molecular complexity index is 1250. The summed E-state index contributed by atoms with van der Waals surface area (Å²) in [6.07, 6.45) is 1.44. The minimum atomic E-state index is -0.323. The summed E-state index contributed by atoms with van der Waals surface area (Å²) in [7, 11) is 0. The molecule has 31 heavy (non-hydrogen) atoms. The van der Waals surface area contributed by atoms with Crippen molar-refractivity contribution in [3.63, 3.8) is 0 Å². The lowest BCUT2D eigenvalue weighted by atomic mass is 10.2. The van der Waals surface area contributed by atoms with Crippen LogP contribution >= 0.6 is 11.8 Å². The fourth-order valence-electron chi connectivity index (χ4n) is 3.84. The predicted octanol–water partition coefficient (Wildman–Crippen LogP) is 3.83. The van der Waals surface area contributed by atoms with Crippen molar-refractivity contribution in [3.05, 3.63) is 60.4 Å². The third-order valence-corrected chi connectivity index (χ3v) is 6.44. The van der Waals surface area contributed by atoms with Gasteiger partial charge in [0, 0.05) is 42.8 Å². The average molecular weight is 439 g/mol. The van der Waals surface area contributed by atoms with Crippen molar-refractivity contribution in [1.29, 1.82) is 0 Å². The first kappa shape index (κ1) is 19.7. The Kier molecular flexibility index (Phi) is 5.19. The molecular weight excluding hydrogens is 420 g/mol. The Labute approximate surface area is 181 Å². The van der Waals surface area contributed by atoms with Crippen molar-refractivity contribution in [2.45, 2.75) is 5.03 Å². The number of rotatable bonds is 4. The van der Waals surface area contributed by atoms with E-state index in [-0.39, 0.29) is 23.3 Å². The zero-order valence-electron chi connectivity index (χ0n) is 16.5. The van der Waals surface area contributed by atoms with Crippen LogP contribution in [0.25, 0.3) is 21.9 Å². The molecule has 1 amide bonds. The molecule has 0 radical (unpaired) electrons. The van der Waals surface area contributed by atoms with Crippen LogP contribution in [0.1, 0.15) is 0 Å². The molecule has 0 saturated carbocycles. The van der Waals surface area contributed by atoms with Crippen molar-refractivity contribution >= 4 is 45.3 Å². The number of hydrogen-bond donors (Lipinski definition) is 1. The number of aromatic amines is 1. The van der Waals surface area contributed by atoms with Crippen molar-refractivity contribution < 1.29 is 13.6 Å². The molecular formula is C22H19F2N5OS. The van der Waals surface area contributed by atoms with Crippen LogP contribution in [-0.2, 0) is 4.79 Å². The van der Waals surface area contributed by atoms with Crippen LogP contribution in [0, 0.1) is 11.6 Å². The average Bonchev–Trinajstić information content (AvgIpc) is 3.16. The molecule has 2 aromatic carbocycles. The van der Waals surface area contributed by atoms with E-state index in [0.717, 1.165) is 11.2 Å². The largest absolute Gasteiger partial charge is 0.368 e. The number of carbonyl (C=O) groups excluding carboxylic acids is 1. The van der Waals surface area contributed by atoms with E-state index in [2.05, 4.69) is 19.9 Å². The first-order valence-electron chi connectivity index (χ1n) is 9.91. The van der Waals surface area contributed by atoms with E-state index in [9.17, 15) is 13.6 Å². The first-order valence-corrected chi connectivity index (χ1v) is 10.9. The monoisotopic (exact) mass is 439 g/mol. The summed E-state index contributed by atoms with van der Waals surface area (Å²) in [5, 5.41) is 1.36. The van der Waals surface area contributed by atoms with E-state index in [0.29, 0.717) is 47.6 Å². The molecule has 1 aliphatic rings. The molecule has 1 fully saturated rings. The van der Waals surface area contributed by atoms with E-state index >= 15 is 0 Å². The number of carbonyl (C=O) groups is 1. The second-order valence-electron chi connectivity index (χ2n) is 7.35. The molecule has 1 N–H and O–H groups in total. The zero-order chi connectivity index (χ0) is 21.4. The first-order chi connectivity index (χ1) is 15.1. The van der Waals surface area contributed by atoms with Gasteiger partial charge in [0.25, 0.3) is 0 Å². The van der Waals surface area contributed by atoms with Gasteiger partial charge in [-0.1, -0.05) is 11.8 Å².